The standard InChI is InChI=1S/C25H29FN2O3/c26-21-10-8-18(9-11-21)15-22(29)28-14-4-7-20(16-28)24(31)27-17-25(12-13-25)23(30)19-5-2-1-3-6-19/h1-3,5-6,8-11,20,23,30H,4,7,12-17H2,(H,27,31)/t20-,23-/m0/s1. The molecule has 2 amide bonds. The highest BCUT2D eigenvalue weighted by atomic mass is 19.1. The molecule has 2 fully saturated rings. The first-order valence-electron chi connectivity index (χ1n) is 11.0. The Morgan fingerprint density at radius 2 is 1.84 bits per heavy atom. The van der Waals surface area contributed by atoms with Gasteiger partial charge >= 0.3 is 0 Å². The summed E-state index contributed by atoms with van der Waals surface area (Å²) >= 11 is 0. The maximum Gasteiger partial charge on any atom is 0.227 e. The van der Waals surface area contributed by atoms with E-state index < -0.39 is 6.10 Å². The molecule has 1 aliphatic heterocycles. The van der Waals surface area contributed by atoms with Gasteiger partial charge in [-0.2, -0.15) is 0 Å². The van der Waals surface area contributed by atoms with Crippen molar-refractivity contribution in [1.82, 2.24) is 10.2 Å². The summed E-state index contributed by atoms with van der Waals surface area (Å²) in [5, 5.41) is 13.8. The van der Waals surface area contributed by atoms with Gasteiger partial charge in [0.1, 0.15) is 5.82 Å². The SMILES string of the molecule is O=C(NCC1([C@@H](O)c2ccccc2)CC1)[C@H]1CCCN(C(=O)Cc2ccc(F)cc2)C1. The number of carbonyl (C=O) groups excluding carboxylic acids is 2. The Morgan fingerprint density at radius 1 is 1.13 bits per heavy atom. The third kappa shape index (κ3) is 5.13. The fourth-order valence-corrected chi connectivity index (χ4v) is 4.41. The zero-order valence-corrected chi connectivity index (χ0v) is 17.6. The predicted octanol–water partition coefficient (Wildman–Crippen LogP) is 3.24. The van der Waals surface area contributed by atoms with Gasteiger partial charge in [0, 0.05) is 25.0 Å². The molecule has 1 heterocycles. The minimum atomic E-state index is -0.589. The Bertz CT molecular complexity index is 912. The number of carbonyl (C=O) groups is 2. The topological polar surface area (TPSA) is 69.6 Å². The van der Waals surface area contributed by atoms with E-state index >= 15 is 0 Å². The van der Waals surface area contributed by atoms with Crippen LogP contribution in [0, 0.1) is 17.2 Å². The number of rotatable bonds is 7. The van der Waals surface area contributed by atoms with Gasteiger partial charge in [-0.1, -0.05) is 42.5 Å². The number of nitrogens with one attached hydrogen (secondary N) is 1. The van der Waals surface area contributed by atoms with Crippen molar-refractivity contribution in [3.8, 4) is 0 Å². The van der Waals surface area contributed by atoms with E-state index in [9.17, 15) is 19.1 Å². The number of aliphatic hydroxyl groups excluding tert-OH is 1. The summed E-state index contributed by atoms with van der Waals surface area (Å²) in [5.74, 6) is -0.652. The highest BCUT2D eigenvalue weighted by Crippen LogP contribution is 2.54. The van der Waals surface area contributed by atoms with Crippen LogP contribution in [-0.4, -0.2) is 41.5 Å². The molecule has 31 heavy (non-hydrogen) atoms. The Labute approximate surface area is 182 Å². The fourth-order valence-electron chi connectivity index (χ4n) is 4.41. The van der Waals surface area contributed by atoms with Gasteiger partial charge in [0.05, 0.1) is 18.4 Å². The molecule has 5 nitrogen and oxygen atoms in total. The van der Waals surface area contributed by atoms with E-state index in [1.165, 1.54) is 12.1 Å². The zero-order chi connectivity index (χ0) is 21.8. The van der Waals surface area contributed by atoms with E-state index in [2.05, 4.69) is 5.32 Å². The average molecular weight is 425 g/mol. The van der Waals surface area contributed by atoms with Crippen LogP contribution in [0.5, 0.6) is 0 Å². The zero-order valence-electron chi connectivity index (χ0n) is 17.6. The summed E-state index contributed by atoms with van der Waals surface area (Å²) < 4.78 is 13.1. The maximum absolute atomic E-state index is 13.1. The second kappa shape index (κ2) is 9.18. The third-order valence-electron chi connectivity index (χ3n) is 6.62. The molecule has 0 spiro atoms. The number of piperidine rings is 1. The minimum absolute atomic E-state index is 0.0396. The molecule has 6 heteroatoms. The Hall–Kier alpha value is -2.73. The van der Waals surface area contributed by atoms with Crippen LogP contribution in [0.1, 0.15) is 42.9 Å². The quantitative estimate of drug-likeness (QED) is 0.717. The Balaban J connectivity index is 1.29. The number of hydrogen-bond acceptors (Lipinski definition) is 3. The summed E-state index contributed by atoms with van der Waals surface area (Å²) in [7, 11) is 0. The molecule has 2 atom stereocenters. The van der Waals surface area contributed by atoms with Crippen LogP contribution in [0.25, 0.3) is 0 Å². The van der Waals surface area contributed by atoms with Crippen molar-refractivity contribution in [2.24, 2.45) is 11.3 Å². The molecule has 2 N–H and O–H groups in total. The first-order valence-corrected chi connectivity index (χ1v) is 11.0. The molecule has 0 unspecified atom stereocenters. The van der Waals surface area contributed by atoms with E-state index in [1.807, 2.05) is 30.3 Å². The van der Waals surface area contributed by atoms with Gasteiger partial charge < -0.3 is 15.3 Å². The summed E-state index contributed by atoms with van der Waals surface area (Å²) in [6, 6.07) is 15.5. The van der Waals surface area contributed by atoms with Crippen LogP contribution >= 0.6 is 0 Å². The van der Waals surface area contributed by atoms with Crippen LogP contribution in [-0.2, 0) is 16.0 Å². The lowest BCUT2D eigenvalue weighted by atomic mass is 9.91. The number of halogens is 1. The lowest BCUT2D eigenvalue weighted by Crippen LogP contribution is -2.47. The molecule has 0 aromatic heterocycles. The molecule has 2 aromatic carbocycles. The molecule has 1 aliphatic carbocycles. The van der Waals surface area contributed by atoms with Crippen LogP contribution in [0.3, 0.4) is 0 Å². The molecule has 0 radical (unpaired) electrons. The van der Waals surface area contributed by atoms with Gasteiger partial charge in [-0.25, -0.2) is 4.39 Å². The molecule has 0 bridgehead atoms. The smallest absolute Gasteiger partial charge is 0.227 e. The van der Waals surface area contributed by atoms with Gasteiger partial charge in [-0.15, -0.1) is 0 Å². The van der Waals surface area contributed by atoms with Gasteiger partial charge in [0.25, 0.3) is 0 Å². The summed E-state index contributed by atoms with van der Waals surface area (Å²) in [5.41, 5.74) is 1.36. The van der Waals surface area contributed by atoms with Crippen molar-refractivity contribution >= 4 is 11.8 Å². The van der Waals surface area contributed by atoms with Crippen molar-refractivity contribution in [1.29, 1.82) is 0 Å². The van der Waals surface area contributed by atoms with Crippen molar-refractivity contribution in [2.45, 2.75) is 38.2 Å². The minimum Gasteiger partial charge on any atom is -0.388 e. The van der Waals surface area contributed by atoms with E-state index in [0.717, 1.165) is 36.8 Å². The largest absolute Gasteiger partial charge is 0.388 e. The lowest BCUT2D eigenvalue weighted by Gasteiger charge is -2.33. The summed E-state index contributed by atoms with van der Waals surface area (Å²) in [6.07, 6.45) is 2.92. The highest BCUT2D eigenvalue weighted by molar-refractivity contribution is 5.82. The van der Waals surface area contributed by atoms with Crippen LogP contribution < -0.4 is 5.32 Å². The van der Waals surface area contributed by atoms with Crippen molar-refractivity contribution in [3.63, 3.8) is 0 Å². The molecule has 4 rings (SSSR count). The maximum atomic E-state index is 13.1. The van der Waals surface area contributed by atoms with Crippen molar-refractivity contribution in [3.05, 3.63) is 71.5 Å². The number of likely N-dealkylation sites (tertiary alicyclic amines) is 1. The molecule has 164 valence electrons. The van der Waals surface area contributed by atoms with Crippen LogP contribution in [0.4, 0.5) is 4.39 Å². The van der Waals surface area contributed by atoms with Gasteiger partial charge in [-0.05, 0) is 48.9 Å². The van der Waals surface area contributed by atoms with E-state index in [4.69, 9.17) is 0 Å². The number of amides is 2. The van der Waals surface area contributed by atoms with Crippen LogP contribution in [0.15, 0.2) is 54.6 Å². The average Bonchev–Trinajstić information content (AvgIpc) is 3.60. The van der Waals surface area contributed by atoms with Gasteiger partial charge in [0.2, 0.25) is 11.8 Å². The molecule has 2 aliphatic rings. The first kappa shape index (κ1) is 21.5. The fraction of sp³-hybridized carbons (Fsp3) is 0.440. The van der Waals surface area contributed by atoms with Crippen molar-refractivity contribution < 1.29 is 19.1 Å². The number of aliphatic hydroxyl groups is 1. The second-order valence-corrected chi connectivity index (χ2v) is 8.88. The number of hydrogen-bond donors (Lipinski definition) is 2. The summed E-state index contributed by atoms with van der Waals surface area (Å²) in [6.45, 7) is 1.49. The van der Waals surface area contributed by atoms with E-state index in [1.54, 1.807) is 17.0 Å². The van der Waals surface area contributed by atoms with Crippen molar-refractivity contribution in [2.75, 3.05) is 19.6 Å². The van der Waals surface area contributed by atoms with E-state index in [0.29, 0.717) is 19.6 Å². The number of nitrogens with zero attached hydrogens (tertiary/aromatic N) is 1. The Morgan fingerprint density at radius 3 is 2.52 bits per heavy atom. The van der Waals surface area contributed by atoms with E-state index in [-0.39, 0.29) is 35.4 Å². The molecule has 1 saturated heterocycles. The lowest BCUT2D eigenvalue weighted by molar-refractivity contribution is -0.135. The molecular formula is C25H29FN2O3. The molecule has 2 aromatic rings. The number of benzene rings is 2. The normalized spacial score (nSPS) is 20.7. The summed E-state index contributed by atoms with van der Waals surface area (Å²) in [4.78, 5) is 27.2. The Kier molecular flexibility index (Phi) is 6.37. The predicted molar refractivity (Wildman–Crippen MR) is 115 cm³/mol. The van der Waals surface area contributed by atoms with Gasteiger partial charge in [-0.3, -0.25) is 9.59 Å². The molecule has 1 saturated carbocycles. The third-order valence-corrected chi connectivity index (χ3v) is 6.62. The first-order chi connectivity index (χ1) is 15.0. The molecular weight excluding hydrogens is 395 g/mol. The second-order valence-electron chi connectivity index (χ2n) is 8.88. The highest BCUT2D eigenvalue weighted by Gasteiger charge is 2.49. The van der Waals surface area contributed by atoms with Crippen LogP contribution in [0.2, 0.25) is 0 Å². The van der Waals surface area contributed by atoms with Gasteiger partial charge in [0.15, 0.2) is 0 Å². The monoisotopic (exact) mass is 424 g/mol.